The second-order valence-electron chi connectivity index (χ2n) is 2.32. The van der Waals surface area contributed by atoms with Gasteiger partial charge in [-0.15, -0.1) is 0 Å². The third-order valence-electron chi connectivity index (χ3n) is 1.38. The number of hydrogen-bond acceptors (Lipinski definition) is 4. The fraction of sp³-hybridized carbons (Fsp3) is 0.250. The van der Waals surface area contributed by atoms with Crippen molar-refractivity contribution >= 4 is 11.9 Å². The number of nitrogens with one attached hydrogen (secondary N) is 1. The Labute approximate surface area is 75.3 Å². The molecular formula is C8H11N3O2. The molecular weight excluding hydrogens is 170 g/mol. The van der Waals surface area contributed by atoms with Crippen molar-refractivity contribution in [1.29, 1.82) is 0 Å². The van der Waals surface area contributed by atoms with E-state index in [1.54, 1.807) is 6.08 Å². The minimum absolute atomic E-state index is 0.288. The quantitative estimate of drug-likeness (QED) is 0.659. The highest BCUT2D eigenvalue weighted by molar-refractivity contribution is 5.58. The van der Waals surface area contributed by atoms with Crippen molar-refractivity contribution in [3.05, 3.63) is 28.5 Å². The van der Waals surface area contributed by atoms with Gasteiger partial charge in [-0.25, -0.2) is 9.78 Å². The summed E-state index contributed by atoms with van der Waals surface area (Å²) in [5, 5.41) is 0. The molecule has 1 rings (SSSR count). The number of anilines is 1. The Kier molecular flexibility index (Phi) is 3.08. The van der Waals surface area contributed by atoms with E-state index in [4.69, 9.17) is 10.5 Å². The first-order valence-electron chi connectivity index (χ1n) is 3.87. The lowest BCUT2D eigenvalue weighted by Crippen LogP contribution is -2.12. The van der Waals surface area contributed by atoms with Gasteiger partial charge in [0.1, 0.15) is 5.82 Å². The molecule has 0 atom stereocenters. The van der Waals surface area contributed by atoms with E-state index in [2.05, 4.69) is 9.97 Å². The fourth-order valence-electron chi connectivity index (χ4n) is 0.768. The Morgan fingerprint density at radius 3 is 3.15 bits per heavy atom. The van der Waals surface area contributed by atoms with Crippen molar-refractivity contribution in [3.63, 3.8) is 0 Å². The van der Waals surface area contributed by atoms with Gasteiger partial charge in [-0.05, 0) is 13.0 Å². The van der Waals surface area contributed by atoms with Gasteiger partial charge in [-0.2, -0.15) is 0 Å². The standard InChI is InChI=1S/C8H11N3O2/c1-2-13-4-3-6-5-10-8(12)11-7(6)9/h3-5H,2H2,1H3,(H3,9,10,11,12)/b4-3-. The van der Waals surface area contributed by atoms with Crippen LogP contribution in [-0.2, 0) is 4.74 Å². The van der Waals surface area contributed by atoms with Crippen LogP contribution in [0, 0.1) is 0 Å². The molecule has 0 aliphatic rings. The number of aromatic nitrogens is 2. The van der Waals surface area contributed by atoms with E-state index in [9.17, 15) is 4.79 Å². The lowest BCUT2D eigenvalue weighted by molar-refractivity contribution is 0.272. The molecule has 0 aromatic carbocycles. The van der Waals surface area contributed by atoms with Gasteiger partial charge in [0.2, 0.25) is 0 Å². The van der Waals surface area contributed by atoms with Crippen LogP contribution in [0.15, 0.2) is 17.3 Å². The van der Waals surface area contributed by atoms with Crippen molar-refractivity contribution in [1.82, 2.24) is 9.97 Å². The van der Waals surface area contributed by atoms with Crippen LogP contribution in [0.4, 0.5) is 5.82 Å². The van der Waals surface area contributed by atoms with E-state index in [1.807, 2.05) is 6.92 Å². The molecule has 0 aliphatic heterocycles. The fourth-order valence-corrected chi connectivity index (χ4v) is 0.768. The summed E-state index contributed by atoms with van der Waals surface area (Å²) < 4.78 is 4.97. The molecule has 1 aromatic rings. The third-order valence-corrected chi connectivity index (χ3v) is 1.38. The van der Waals surface area contributed by atoms with Crippen molar-refractivity contribution < 1.29 is 4.74 Å². The van der Waals surface area contributed by atoms with Crippen LogP contribution in [0.2, 0.25) is 0 Å². The Balaban J connectivity index is 2.83. The van der Waals surface area contributed by atoms with Crippen molar-refractivity contribution in [2.75, 3.05) is 12.3 Å². The lowest BCUT2D eigenvalue weighted by Gasteiger charge is -1.97. The first-order valence-corrected chi connectivity index (χ1v) is 3.87. The molecule has 0 unspecified atom stereocenters. The normalized spacial score (nSPS) is 10.5. The molecule has 1 aromatic heterocycles. The van der Waals surface area contributed by atoms with Gasteiger partial charge in [-0.3, -0.25) is 4.98 Å². The Morgan fingerprint density at radius 1 is 1.77 bits per heavy atom. The molecule has 0 saturated carbocycles. The van der Waals surface area contributed by atoms with Crippen molar-refractivity contribution in [3.8, 4) is 0 Å². The zero-order chi connectivity index (χ0) is 9.68. The van der Waals surface area contributed by atoms with Crippen molar-refractivity contribution in [2.45, 2.75) is 6.92 Å². The highest BCUT2D eigenvalue weighted by atomic mass is 16.5. The molecule has 3 N–H and O–H groups in total. The number of nitrogens with two attached hydrogens (primary N) is 1. The maximum absolute atomic E-state index is 10.7. The highest BCUT2D eigenvalue weighted by Gasteiger charge is 1.95. The first-order chi connectivity index (χ1) is 6.24. The van der Waals surface area contributed by atoms with Crippen LogP contribution >= 0.6 is 0 Å². The van der Waals surface area contributed by atoms with Gasteiger partial charge in [0, 0.05) is 11.8 Å². The molecule has 0 bridgehead atoms. The van der Waals surface area contributed by atoms with Crippen LogP contribution in [0.3, 0.4) is 0 Å². The van der Waals surface area contributed by atoms with E-state index >= 15 is 0 Å². The predicted molar refractivity (Wildman–Crippen MR) is 49.9 cm³/mol. The Hall–Kier alpha value is -1.78. The monoisotopic (exact) mass is 181 g/mol. The van der Waals surface area contributed by atoms with Crippen LogP contribution in [-0.4, -0.2) is 16.6 Å². The summed E-state index contributed by atoms with van der Waals surface area (Å²) in [5.74, 6) is 0.288. The lowest BCUT2D eigenvalue weighted by atomic mass is 10.3. The average molecular weight is 181 g/mol. The zero-order valence-electron chi connectivity index (χ0n) is 7.28. The zero-order valence-corrected chi connectivity index (χ0v) is 7.28. The van der Waals surface area contributed by atoms with E-state index in [0.29, 0.717) is 12.2 Å². The number of H-pyrrole nitrogens is 1. The number of aromatic amines is 1. The summed E-state index contributed by atoms with van der Waals surface area (Å²) in [7, 11) is 0. The third kappa shape index (κ3) is 2.62. The molecule has 70 valence electrons. The van der Waals surface area contributed by atoms with Gasteiger partial charge in [0.15, 0.2) is 0 Å². The molecule has 0 amide bonds. The van der Waals surface area contributed by atoms with E-state index in [-0.39, 0.29) is 5.82 Å². The maximum atomic E-state index is 10.7. The summed E-state index contributed by atoms with van der Waals surface area (Å²) >= 11 is 0. The SMILES string of the molecule is CCO/C=C\c1cnc(=O)[nH]c1N. The van der Waals surface area contributed by atoms with E-state index < -0.39 is 5.69 Å². The highest BCUT2D eigenvalue weighted by Crippen LogP contribution is 2.05. The second-order valence-corrected chi connectivity index (χ2v) is 2.32. The van der Waals surface area contributed by atoms with Crippen LogP contribution in [0.1, 0.15) is 12.5 Å². The first kappa shape index (κ1) is 9.31. The van der Waals surface area contributed by atoms with Gasteiger partial charge in [0.25, 0.3) is 0 Å². The average Bonchev–Trinajstić information content (AvgIpc) is 2.09. The van der Waals surface area contributed by atoms with Gasteiger partial charge >= 0.3 is 5.69 Å². The second kappa shape index (κ2) is 4.30. The summed E-state index contributed by atoms with van der Waals surface area (Å²) in [5.41, 5.74) is 5.68. The minimum Gasteiger partial charge on any atom is -0.501 e. The summed E-state index contributed by atoms with van der Waals surface area (Å²) in [6.45, 7) is 2.46. The molecule has 5 nitrogen and oxygen atoms in total. The Morgan fingerprint density at radius 2 is 2.54 bits per heavy atom. The van der Waals surface area contributed by atoms with E-state index in [1.165, 1.54) is 12.5 Å². The number of ether oxygens (including phenoxy) is 1. The molecule has 0 fully saturated rings. The molecule has 0 aliphatic carbocycles. The summed E-state index contributed by atoms with van der Waals surface area (Å²) in [4.78, 5) is 16.6. The van der Waals surface area contributed by atoms with Gasteiger partial charge in [-0.1, -0.05) is 0 Å². The number of nitrogens with zero attached hydrogens (tertiary/aromatic N) is 1. The van der Waals surface area contributed by atoms with E-state index in [0.717, 1.165) is 0 Å². The number of nitrogen functional groups attached to an aromatic ring is 1. The topological polar surface area (TPSA) is 81.0 Å². The molecule has 5 heteroatoms. The molecule has 0 saturated heterocycles. The molecule has 13 heavy (non-hydrogen) atoms. The molecule has 1 heterocycles. The van der Waals surface area contributed by atoms with Gasteiger partial charge in [0.05, 0.1) is 12.9 Å². The van der Waals surface area contributed by atoms with Crippen molar-refractivity contribution in [2.24, 2.45) is 0 Å². The summed E-state index contributed by atoms with van der Waals surface area (Å²) in [6.07, 6.45) is 4.54. The largest absolute Gasteiger partial charge is 0.501 e. The smallest absolute Gasteiger partial charge is 0.346 e. The summed E-state index contributed by atoms with van der Waals surface area (Å²) in [6, 6.07) is 0. The van der Waals surface area contributed by atoms with Gasteiger partial charge < -0.3 is 10.5 Å². The Bertz CT molecular complexity index is 357. The minimum atomic E-state index is -0.453. The number of hydrogen-bond donors (Lipinski definition) is 2. The van der Waals surface area contributed by atoms with Crippen LogP contribution in [0.25, 0.3) is 6.08 Å². The number of rotatable bonds is 3. The molecule has 0 spiro atoms. The predicted octanol–water partition coefficient (Wildman–Crippen LogP) is 0.359. The maximum Gasteiger partial charge on any atom is 0.346 e. The van der Waals surface area contributed by atoms with Crippen LogP contribution in [0.5, 0.6) is 0 Å². The van der Waals surface area contributed by atoms with Crippen LogP contribution < -0.4 is 11.4 Å². The molecule has 0 radical (unpaired) electrons.